The number of pyridine rings is 1. The standard InChI is InChI=1S/C19H21N5O2S/c1-23(27(25,26)13-15-6-3-2-4-7-15)16-9-11-24(12-16)19-17-8-5-10-20-18(17)21-14-22-19/h2-8,10,14,16H,9,11-13H2,1H3. The summed E-state index contributed by atoms with van der Waals surface area (Å²) in [5.41, 5.74) is 1.45. The number of sulfonamides is 1. The smallest absolute Gasteiger partial charge is 0.218 e. The van der Waals surface area contributed by atoms with Crippen LogP contribution in [0.2, 0.25) is 0 Å². The van der Waals surface area contributed by atoms with Gasteiger partial charge in [-0.25, -0.2) is 23.4 Å². The Morgan fingerprint density at radius 1 is 1.11 bits per heavy atom. The zero-order chi connectivity index (χ0) is 18.9. The van der Waals surface area contributed by atoms with Crippen molar-refractivity contribution in [3.63, 3.8) is 0 Å². The lowest BCUT2D eigenvalue weighted by molar-refractivity contribution is 0.389. The Morgan fingerprint density at radius 2 is 1.93 bits per heavy atom. The molecule has 0 aliphatic carbocycles. The maximum atomic E-state index is 12.8. The van der Waals surface area contributed by atoms with Crippen LogP contribution in [0.25, 0.3) is 11.0 Å². The maximum Gasteiger partial charge on any atom is 0.218 e. The zero-order valence-corrected chi connectivity index (χ0v) is 15.9. The summed E-state index contributed by atoms with van der Waals surface area (Å²) in [4.78, 5) is 15.0. The Hall–Kier alpha value is -2.58. The van der Waals surface area contributed by atoms with E-state index in [0.717, 1.165) is 29.7 Å². The van der Waals surface area contributed by atoms with E-state index < -0.39 is 10.0 Å². The van der Waals surface area contributed by atoms with Gasteiger partial charge >= 0.3 is 0 Å². The minimum Gasteiger partial charge on any atom is -0.354 e. The van der Waals surface area contributed by atoms with Crippen LogP contribution >= 0.6 is 0 Å². The average molecular weight is 383 g/mol. The molecular formula is C19H21N5O2S. The van der Waals surface area contributed by atoms with E-state index >= 15 is 0 Å². The van der Waals surface area contributed by atoms with Gasteiger partial charge in [-0.05, 0) is 24.1 Å². The topological polar surface area (TPSA) is 79.3 Å². The molecule has 3 heterocycles. The van der Waals surface area contributed by atoms with Crippen molar-refractivity contribution in [1.29, 1.82) is 0 Å². The van der Waals surface area contributed by atoms with Gasteiger partial charge in [0.1, 0.15) is 12.1 Å². The lowest BCUT2D eigenvalue weighted by Gasteiger charge is -2.25. The first-order valence-corrected chi connectivity index (χ1v) is 10.5. The molecule has 4 rings (SSSR count). The highest BCUT2D eigenvalue weighted by Crippen LogP contribution is 2.27. The Labute approximate surface area is 158 Å². The molecule has 1 aromatic carbocycles. The van der Waals surface area contributed by atoms with Gasteiger partial charge in [0.05, 0.1) is 11.1 Å². The third-order valence-electron chi connectivity index (χ3n) is 5.00. The molecule has 0 spiro atoms. The van der Waals surface area contributed by atoms with Crippen LogP contribution in [-0.2, 0) is 15.8 Å². The van der Waals surface area contributed by atoms with Crippen LogP contribution in [0.4, 0.5) is 5.82 Å². The molecule has 27 heavy (non-hydrogen) atoms. The van der Waals surface area contributed by atoms with Crippen molar-refractivity contribution in [2.24, 2.45) is 0 Å². The molecule has 1 aliphatic rings. The molecule has 8 heteroatoms. The van der Waals surface area contributed by atoms with Crippen molar-refractivity contribution in [3.8, 4) is 0 Å². The van der Waals surface area contributed by atoms with Crippen LogP contribution in [0.15, 0.2) is 55.0 Å². The summed E-state index contributed by atoms with van der Waals surface area (Å²) < 4.78 is 27.1. The fourth-order valence-corrected chi connectivity index (χ4v) is 4.92. The van der Waals surface area contributed by atoms with Gasteiger partial charge < -0.3 is 4.90 Å². The summed E-state index contributed by atoms with van der Waals surface area (Å²) in [6.45, 7) is 1.35. The second-order valence-corrected chi connectivity index (χ2v) is 8.75. The highest BCUT2D eigenvalue weighted by atomic mass is 32.2. The van der Waals surface area contributed by atoms with E-state index in [4.69, 9.17) is 0 Å². The van der Waals surface area contributed by atoms with Crippen molar-refractivity contribution in [2.75, 3.05) is 25.0 Å². The molecule has 140 valence electrons. The van der Waals surface area contributed by atoms with Crippen molar-refractivity contribution in [2.45, 2.75) is 18.2 Å². The first kappa shape index (κ1) is 17.8. The minimum absolute atomic E-state index is 0.0151. The van der Waals surface area contributed by atoms with Gasteiger partial charge in [-0.1, -0.05) is 30.3 Å². The van der Waals surface area contributed by atoms with Gasteiger partial charge in [-0.15, -0.1) is 0 Å². The summed E-state index contributed by atoms with van der Waals surface area (Å²) in [5.74, 6) is 0.825. The van der Waals surface area contributed by atoms with Gasteiger partial charge in [0.2, 0.25) is 10.0 Å². The average Bonchev–Trinajstić information content (AvgIpc) is 3.17. The third kappa shape index (κ3) is 3.63. The number of rotatable bonds is 5. The Bertz CT molecular complexity index is 1040. The first-order chi connectivity index (χ1) is 13.0. The monoisotopic (exact) mass is 383 g/mol. The summed E-state index contributed by atoms with van der Waals surface area (Å²) in [5, 5.41) is 0.885. The highest BCUT2D eigenvalue weighted by molar-refractivity contribution is 7.88. The van der Waals surface area contributed by atoms with Gasteiger partial charge in [-0.2, -0.15) is 4.31 Å². The molecule has 0 saturated carbocycles. The number of aromatic nitrogens is 3. The van der Waals surface area contributed by atoms with Crippen LogP contribution in [0.1, 0.15) is 12.0 Å². The van der Waals surface area contributed by atoms with Crippen LogP contribution in [-0.4, -0.2) is 53.9 Å². The number of anilines is 1. The molecule has 0 amide bonds. The predicted octanol–water partition coefficient (Wildman–Crippen LogP) is 2.07. The molecular weight excluding hydrogens is 362 g/mol. The number of benzene rings is 1. The Morgan fingerprint density at radius 3 is 2.74 bits per heavy atom. The van der Waals surface area contributed by atoms with E-state index in [9.17, 15) is 8.42 Å². The molecule has 1 saturated heterocycles. The molecule has 7 nitrogen and oxygen atoms in total. The molecule has 2 aromatic heterocycles. The number of hydrogen-bond acceptors (Lipinski definition) is 6. The van der Waals surface area contributed by atoms with E-state index in [2.05, 4.69) is 19.9 Å². The SMILES string of the molecule is CN(C1CCN(c2ncnc3ncccc23)C1)S(=O)(=O)Cc1ccccc1. The molecule has 1 aliphatic heterocycles. The van der Waals surface area contributed by atoms with E-state index in [1.807, 2.05) is 42.5 Å². The molecule has 0 radical (unpaired) electrons. The molecule has 0 bridgehead atoms. The lowest BCUT2D eigenvalue weighted by atomic mass is 10.2. The Balaban J connectivity index is 1.52. The number of likely N-dealkylation sites (N-methyl/N-ethyl adjacent to an activating group) is 1. The first-order valence-electron chi connectivity index (χ1n) is 8.85. The van der Waals surface area contributed by atoms with Crippen LogP contribution in [0, 0.1) is 0 Å². The van der Waals surface area contributed by atoms with E-state index in [0.29, 0.717) is 12.2 Å². The second-order valence-electron chi connectivity index (χ2n) is 6.72. The van der Waals surface area contributed by atoms with Gasteiger partial charge in [0.25, 0.3) is 0 Å². The number of hydrogen-bond donors (Lipinski definition) is 0. The second kappa shape index (κ2) is 7.21. The van der Waals surface area contributed by atoms with Crippen LogP contribution < -0.4 is 4.90 Å². The fraction of sp³-hybridized carbons (Fsp3) is 0.316. The molecule has 1 unspecified atom stereocenters. The number of nitrogens with zero attached hydrogens (tertiary/aromatic N) is 5. The van der Waals surface area contributed by atoms with Gasteiger partial charge in [0.15, 0.2) is 5.65 Å². The molecule has 0 N–H and O–H groups in total. The van der Waals surface area contributed by atoms with Gasteiger partial charge in [0, 0.05) is 32.4 Å². The fourth-order valence-electron chi connectivity index (χ4n) is 3.48. The van der Waals surface area contributed by atoms with E-state index in [1.54, 1.807) is 13.2 Å². The van der Waals surface area contributed by atoms with Crippen molar-refractivity contribution < 1.29 is 8.42 Å². The predicted molar refractivity (Wildman–Crippen MR) is 105 cm³/mol. The Kier molecular flexibility index (Phi) is 4.75. The summed E-state index contributed by atoms with van der Waals surface area (Å²) in [6, 6.07) is 13.0. The van der Waals surface area contributed by atoms with E-state index in [1.165, 1.54) is 10.6 Å². The highest BCUT2D eigenvalue weighted by Gasteiger charge is 2.33. The van der Waals surface area contributed by atoms with Gasteiger partial charge in [-0.3, -0.25) is 0 Å². The van der Waals surface area contributed by atoms with E-state index in [-0.39, 0.29) is 11.8 Å². The minimum atomic E-state index is -3.38. The van der Waals surface area contributed by atoms with Crippen LogP contribution in [0.5, 0.6) is 0 Å². The quantitative estimate of drug-likeness (QED) is 0.671. The van der Waals surface area contributed by atoms with Crippen LogP contribution in [0.3, 0.4) is 0 Å². The zero-order valence-electron chi connectivity index (χ0n) is 15.1. The molecule has 1 fully saturated rings. The maximum absolute atomic E-state index is 12.8. The summed E-state index contributed by atoms with van der Waals surface area (Å²) in [7, 11) is -1.71. The van der Waals surface area contributed by atoms with Crippen molar-refractivity contribution >= 4 is 26.9 Å². The largest absolute Gasteiger partial charge is 0.354 e. The van der Waals surface area contributed by atoms with Crippen molar-refractivity contribution in [1.82, 2.24) is 19.3 Å². The summed E-state index contributed by atoms with van der Waals surface area (Å²) >= 11 is 0. The lowest BCUT2D eigenvalue weighted by Crippen LogP contribution is -2.39. The third-order valence-corrected chi connectivity index (χ3v) is 6.87. The molecule has 1 atom stereocenters. The number of fused-ring (bicyclic) bond motifs is 1. The normalized spacial score (nSPS) is 17.7. The summed E-state index contributed by atoms with van der Waals surface area (Å²) in [6.07, 6.45) is 3.97. The molecule has 3 aromatic rings. The van der Waals surface area contributed by atoms with Crippen molar-refractivity contribution in [3.05, 3.63) is 60.6 Å².